The number of hydrogen-bond donors (Lipinski definition) is 1. The number of aromatic nitrogens is 2. The molecule has 0 unspecified atom stereocenters. The Bertz CT molecular complexity index is 549. The molecule has 0 aromatic carbocycles. The summed E-state index contributed by atoms with van der Waals surface area (Å²) in [5.74, 6) is 4.25. The molecule has 0 amide bonds. The van der Waals surface area contributed by atoms with Crippen LogP contribution in [0.25, 0.3) is 10.2 Å². The Labute approximate surface area is 121 Å². The second-order valence-corrected chi connectivity index (χ2v) is 6.66. The molecule has 2 aromatic heterocycles. The van der Waals surface area contributed by atoms with E-state index in [0.29, 0.717) is 0 Å². The van der Waals surface area contributed by atoms with Gasteiger partial charge in [0.25, 0.3) is 0 Å². The molecule has 6 heteroatoms. The van der Waals surface area contributed by atoms with E-state index in [1.165, 1.54) is 16.9 Å². The lowest BCUT2D eigenvalue weighted by Gasteiger charge is -2.28. The van der Waals surface area contributed by atoms with Crippen molar-refractivity contribution in [3.63, 3.8) is 0 Å². The minimum absolute atomic E-state index is 0.769. The van der Waals surface area contributed by atoms with Crippen LogP contribution in [0, 0.1) is 0 Å². The first-order valence-electron chi connectivity index (χ1n) is 6.70. The van der Waals surface area contributed by atoms with E-state index in [4.69, 9.17) is 4.98 Å². The van der Waals surface area contributed by atoms with E-state index in [1.807, 2.05) is 11.8 Å². The monoisotopic (exact) mass is 294 g/mol. The van der Waals surface area contributed by atoms with E-state index < -0.39 is 0 Å². The highest BCUT2D eigenvalue weighted by atomic mass is 32.2. The summed E-state index contributed by atoms with van der Waals surface area (Å²) in [6.07, 6.45) is 1.08. The second-order valence-electron chi connectivity index (χ2n) is 4.54. The number of thioether (sulfide) groups is 1. The van der Waals surface area contributed by atoms with Crippen LogP contribution in [-0.2, 0) is 0 Å². The quantitative estimate of drug-likeness (QED) is 0.938. The Kier molecular flexibility index (Phi) is 4.08. The molecule has 1 aliphatic rings. The summed E-state index contributed by atoms with van der Waals surface area (Å²) in [5, 5.41) is 6.60. The van der Waals surface area contributed by atoms with E-state index >= 15 is 0 Å². The van der Waals surface area contributed by atoms with Crippen molar-refractivity contribution in [1.29, 1.82) is 0 Å². The number of nitrogens with one attached hydrogen (secondary N) is 1. The zero-order valence-electron chi connectivity index (χ0n) is 11.1. The molecule has 0 bridgehead atoms. The number of hydrogen-bond acceptors (Lipinski definition) is 6. The molecule has 19 heavy (non-hydrogen) atoms. The fraction of sp³-hybridized carbons (Fsp3) is 0.538. The Morgan fingerprint density at radius 1 is 1.32 bits per heavy atom. The van der Waals surface area contributed by atoms with Crippen molar-refractivity contribution in [3.05, 3.63) is 11.4 Å². The highest BCUT2D eigenvalue weighted by molar-refractivity contribution is 7.99. The summed E-state index contributed by atoms with van der Waals surface area (Å²) in [6.45, 7) is 5.24. The lowest BCUT2D eigenvalue weighted by atomic mass is 10.3. The van der Waals surface area contributed by atoms with Gasteiger partial charge in [0, 0.05) is 31.1 Å². The van der Waals surface area contributed by atoms with Gasteiger partial charge in [0.05, 0.1) is 5.39 Å². The number of rotatable bonds is 4. The lowest BCUT2D eigenvalue weighted by molar-refractivity contribution is 0.841. The van der Waals surface area contributed by atoms with Gasteiger partial charge in [-0.3, -0.25) is 0 Å². The topological polar surface area (TPSA) is 41.1 Å². The van der Waals surface area contributed by atoms with Crippen molar-refractivity contribution in [2.24, 2.45) is 0 Å². The summed E-state index contributed by atoms with van der Waals surface area (Å²) in [6, 6.07) is 2.14. The highest BCUT2D eigenvalue weighted by Crippen LogP contribution is 2.30. The predicted octanol–water partition coefficient (Wildman–Crippen LogP) is 3.07. The van der Waals surface area contributed by atoms with E-state index in [9.17, 15) is 0 Å². The maximum atomic E-state index is 4.74. The number of thiophene rings is 1. The molecule has 0 aliphatic carbocycles. The third-order valence-corrected chi connectivity index (χ3v) is 4.90. The van der Waals surface area contributed by atoms with Crippen molar-refractivity contribution in [3.8, 4) is 0 Å². The Morgan fingerprint density at radius 2 is 2.16 bits per heavy atom. The molecule has 2 aromatic rings. The highest BCUT2D eigenvalue weighted by Gasteiger charge is 2.17. The molecule has 102 valence electrons. The number of nitrogens with zero attached hydrogens (tertiary/aromatic N) is 3. The van der Waals surface area contributed by atoms with Crippen molar-refractivity contribution in [2.75, 3.05) is 41.4 Å². The minimum Gasteiger partial charge on any atom is -0.354 e. The molecular weight excluding hydrogens is 276 g/mol. The van der Waals surface area contributed by atoms with Gasteiger partial charge in [-0.1, -0.05) is 6.92 Å². The Hall–Kier alpha value is -1.01. The fourth-order valence-corrected chi connectivity index (χ4v) is 3.83. The first kappa shape index (κ1) is 13.0. The van der Waals surface area contributed by atoms with Crippen molar-refractivity contribution < 1.29 is 0 Å². The number of fused-ring (bicyclic) bond motifs is 1. The van der Waals surface area contributed by atoms with Crippen LogP contribution in [0.3, 0.4) is 0 Å². The second kappa shape index (κ2) is 5.96. The predicted molar refractivity (Wildman–Crippen MR) is 85.7 cm³/mol. The van der Waals surface area contributed by atoms with Gasteiger partial charge in [-0.25, -0.2) is 4.98 Å². The van der Waals surface area contributed by atoms with Gasteiger partial charge in [-0.05, 0) is 17.9 Å². The van der Waals surface area contributed by atoms with Gasteiger partial charge in [0.2, 0.25) is 5.95 Å². The molecule has 1 saturated heterocycles. The van der Waals surface area contributed by atoms with Crippen LogP contribution >= 0.6 is 23.1 Å². The van der Waals surface area contributed by atoms with E-state index in [-0.39, 0.29) is 0 Å². The van der Waals surface area contributed by atoms with Crippen LogP contribution < -0.4 is 10.2 Å². The Balaban J connectivity index is 1.97. The zero-order chi connectivity index (χ0) is 13.1. The standard InChI is InChI=1S/C13H18N4S2/c1-2-4-14-13-15-11(17-5-8-18-9-6-17)10-3-7-19-12(10)16-13/h3,7H,2,4-6,8-9H2,1H3,(H,14,15,16). The molecule has 1 fully saturated rings. The maximum Gasteiger partial charge on any atom is 0.226 e. The van der Waals surface area contributed by atoms with E-state index in [2.05, 4.69) is 33.6 Å². The van der Waals surface area contributed by atoms with Gasteiger partial charge >= 0.3 is 0 Å². The molecule has 1 aliphatic heterocycles. The van der Waals surface area contributed by atoms with Gasteiger partial charge in [0.15, 0.2) is 0 Å². The van der Waals surface area contributed by atoms with E-state index in [1.54, 1.807) is 11.3 Å². The minimum atomic E-state index is 0.769. The maximum absolute atomic E-state index is 4.74. The summed E-state index contributed by atoms with van der Waals surface area (Å²) in [7, 11) is 0. The van der Waals surface area contributed by atoms with Crippen molar-refractivity contribution in [1.82, 2.24) is 9.97 Å². The lowest BCUT2D eigenvalue weighted by Crippen LogP contribution is -2.33. The molecule has 0 saturated carbocycles. The molecule has 0 spiro atoms. The first-order chi connectivity index (χ1) is 9.38. The largest absolute Gasteiger partial charge is 0.354 e. The van der Waals surface area contributed by atoms with Crippen molar-refractivity contribution in [2.45, 2.75) is 13.3 Å². The summed E-state index contributed by atoms with van der Waals surface area (Å²) < 4.78 is 0. The van der Waals surface area contributed by atoms with Gasteiger partial charge in [-0.2, -0.15) is 16.7 Å². The van der Waals surface area contributed by atoms with Gasteiger partial charge < -0.3 is 10.2 Å². The molecule has 3 heterocycles. The van der Waals surface area contributed by atoms with E-state index in [0.717, 1.165) is 42.7 Å². The smallest absolute Gasteiger partial charge is 0.226 e. The molecular formula is C13H18N4S2. The van der Waals surface area contributed by atoms with Crippen LogP contribution in [0.5, 0.6) is 0 Å². The summed E-state index contributed by atoms with van der Waals surface area (Å²) in [4.78, 5) is 12.8. The van der Waals surface area contributed by atoms with Crippen LogP contribution in [0.15, 0.2) is 11.4 Å². The Morgan fingerprint density at radius 3 is 2.95 bits per heavy atom. The number of anilines is 2. The summed E-state index contributed by atoms with van der Waals surface area (Å²) >= 11 is 3.71. The molecule has 0 radical (unpaired) electrons. The van der Waals surface area contributed by atoms with Crippen molar-refractivity contribution >= 4 is 45.1 Å². The third-order valence-electron chi connectivity index (χ3n) is 3.15. The van der Waals surface area contributed by atoms with Crippen LogP contribution in [0.2, 0.25) is 0 Å². The van der Waals surface area contributed by atoms with Crippen LogP contribution in [0.1, 0.15) is 13.3 Å². The molecule has 3 rings (SSSR count). The molecule has 4 nitrogen and oxygen atoms in total. The zero-order valence-corrected chi connectivity index (χ0v) is 12.7. The average molecular weight is 294 g/mol. The average Bonchev–Trinajstić information content (AvgIpc) is 2.93. The molecule has 1 N–H and O–H groups in total. The first-order valence-corrected chi connectivity index (χ1v) is 8.73. The normalized spacial score (nSPS) is 15.9. The summed E-state index contributed by atoms with van der Waals surface area (Å²) in [5.41, 5.74) is 0. The third kappa shape index (κ3) is 2.79. The van der Waals surface area contributed by atoms with Gasteiger partial charge in [0.1, 0.15) is 10.6 Å². The fourth-order valence-electron chi connectivity index (χ4n) is 2.17. The van der Waals surface area contributed by atoms with Crippen LogP contribution in [-0.4, -0.2) is 41.1 Å². The molecule has 0 atom stereocenters. The van der Waals surface area contributed by atoms with Gasteiger partial charge in [-0.15, -0.1) is 11.3 Å². The van der Waals surface area contributed by atoms with Crippen LogP contribution in [0.4, 0.5) is 11.8 Å². The SMILES string of the molecule is CCCNc1nc(N2CCSCC2)c2ccsc2n1.